The van der Waals surface area contributed by atoms with E-state index >= 15 is 0 Å². The summed E-state index contributed by atoms with van der Waals surface area (Å²) in [5.74, 6) is 0.607. The van der Waals surface area contributed by atoms with E-state index < -0.39 is 0 Å². The van der Waals surface area contributed by atoms with Gasteiger partial charge in [0, 0.05) is 12.1 Å². The maximum Gasteiger partial charge on any atom is 0.439 e. The number of carbonyl (C=O) groups is 1. The third-order valence-corrected chi connectivity index (χ3v) is 4.05. The minimum atomic E-state index is -0.373. The lowest BCUT2D eigenvalue weighted by Crippen LogP contribution is -2.49. The Labute approximate surface area is 142 Å². The third kappa shape index (κ3) is 3.00. The molecule has 24 heavy (non-hydrogen) atoms. The molecule has 2 aromatic carbocycles. The van der Waals surface area contributed by atoms with E-state index in [0.29, 0.717) is 5.75 Å². The molecule has 0 spiro atoms. The normalized spacial score (nSPS) is 15.2. The van der Waals surface area contributed by atoms with Crippen molar-refractivity contribution in [3.8, 4) is 5.75 Å². The summed E-state index contributed by atoms with van der Waals surface area (Å²) >= 11 is 0. The van der Waals surface area contributed by atoms with Crippen LogP contribution in [0, 0.1) is 0 Å². The van der Waals surface area contributed by atoms with Gasteiger partial charge in [-0.25, -0.2) is 4.79 Å². The van der Waals surface area contributed by atoms with Crippen LogP contribution in [0.25, 0.3) is 5.70 Å². The van der Waals surface area contributed by atoms with Crippen molar-refractivity contribution >= 4 is 17.5 Å². The summed E-state index contributed by atoms with van der Waals surface area (Å²) in [6, 6.07) is 17.6. The Kier molecular flexibility index (Phi) is 4.85. The van der Waals surface area contributed by atoms with Crippen LogP contribution in [0.3, 0.4) is 0 Å². The quantitative estimate of drug-likeness (QED) is 0.769. The molecule has 0 fully saturated rings. The summed E-state index contributed by atoms with van der Waals surface area (Å²) in [7, 11) is 0. The number of anilines is 1. The van der Waals surface area contributed by atoms with Crippen molar-refractivity contribution in [1.82, 2.24) is 5.01 Å². The maximum atomic E-state index is 12.7. The van der Waals surface area contributed by atoms with E-state index in [1.807, 2.05) is 72.6 Å². The second kappa shape index (κ2) is 7.21. The first kappa shape index (κ1) is 16.1. The van der Waals surface area contributed by atoms with Gasteiger partial charge in [0.05, 0.1) is 11.4 Å². The Bertz CT molecular complexity index is 740. The number of para-hydroxylation sites is 2. The Morgan fingerprint density at radius 3 is 2.50 bits per heavy atom. The van der Waals surface area contributed by atoms with Crippen LogP contribution < -0.4 is 9.75 Å². The molecule has 0 aliphatic carbocycles. The van der Waals surface area contributed by atoms with Crippen molar-refractivity contribution in [2.45, 2.75) is 26.7 Å². The second-order valence-electron chi connectivity index (χ2n) is 5.66. The molecule has 0 radical (unpaired) electrons. The highest BCUT2D eigenvalue weighted by atomic mass is 16.6. The number of amides is 1. The van der Waals surface area contributed by atoms with Gasteiger partial charge >= 0.3 is 6.09 Å². The number of rotatable bonds is 5. The molecule has 1 aliphatic rings. The number of unbranched alkanes of at least 4 members (excludes halogenated alkanes) is 1. The highest BCUT2D eigenvalue weighted by Gasteiger charge is 2.33. The van der Waals surface area contributed by atoms with Crippen LogP contribution in [-0.4, -0.2) is 17.6 Å². The molecule has 2 aromatic rings. The molecule has 1 heterocycles. The molecule has 0 N–H and O–H groups in total. The molecule has 1 aliphatic heterocycles. The molecule has 4 nitrogen and oxygen atoms in total. The molecular weight excluding hydrogens is 300 g/mol. The van der Waals surface area contributed by atoms with E-state index in [2.05, 4.69) is 6.92 Å². The molecule has 4 heteroatoms. The predicted octanol–water partition coefficient (Wildman–Crippen LogP) is 5.08. The summed E-state index contributed by atoms with van der Waals surface area (Å²) in [4.78, 5) is 12.7. The van der Waals surface area contributed by atoms with Crippen LogP contribution in [-0.2, 0) is 0 Å². The summed E-state index contributed by atoms with van der Waals surface area (Å²) < 4.78 is 5.56. The zero-order valence-corrected chi connectivity index (χ0v) is 14.1. The van der Waals surface area contributed by atoms with E-state index in [-0.39, 0.29) is 6.09 Å². The van der Waals surface area contributed by atoms with Gasteiger partial charge in [-0.3, -0.25) is 5.01 Å². The molecule has 0 unspecified atom stereocenters. The molecule has 3 rings (SSSR count). The maximum absolute atomic E-state index is 12.7. The fourth-order valence-corrected chi connectivity index (χ4v) is 2.88. The van der Waals surface area contributed by atoms with Crippen LogP contribution >= 0.6 is 0 Å². The Balaban J connectivity index is 2.05. The Hall–Kier alpha value is -2.75. The predicted molar refractivity (Wildman–Crippen MR) is 96.7 cm³/mol. The number of hydrogen-bond donors (Lipinski definition) is 0. The first-order valence-corrected chi connectivity index (χ1v) is 8.36. The number of benzene rings is 2. The SMILES string of the molecule is C/C=C1\c2ccccc2OC(=O)N1N(CCCC)c1ccccc1. The average Bonchev–Trinajstić information content (AvgIpc) is 2.63. The number of nitrogens with zero attached hydrogens (tertiary/aromatic N) is 2. The number of hydrazine groups is 1. The molecular formula is C20H22N2O2. The average molecular weight is 322 g/mol. The standard InChI is InChI=1S/C20H22N2O2/c1-3-5-15-21(16-11-7-6-8-12-16)22-18(4-2)17-13-9-10-14-19(17)24-20(22)23/h4,6-14H,3,5,15H2,1-2H3/b18-4+. The molecule has 0 aromatic heterocycles. The molecule has 124 valence electrons. The number of fused-ring (bicyclic) bond motifs is 1. The van der Waals surface area contributed by atoms with Crippen LogP contribution in [0.5, 0.6) is 5.75 Å². The topological polar surface area (TPSA) is 32.8 Å². The van der Waals surface area contributed by atoms with Crippen molar-refractivity contribution in [3.05, 3.63) is 66.2 Å². The fraction of sp³-hybridized carbons (Fsp3) is 0.250. The van der Waals surface area contributed by atoms with Crippen LogP contribution in [0.4, 0.5) is 10.5 Å². The van der Waals surface area contributed by atoms with Crippen molar-refractivity contribution in [2.24, 2.45) is 0 Å². The Morgan fingerprint density at radius 2 is 1.79 bits per heavy atom. The van der Waals surface area contributed by atoms with Gasteiger partial charge in [0.25, 0.3) is 0 Å². The highest BCUT2D eigenvalue weighted by molar-refractivity contribution is 5.91. The van der Waals surface area contributed by atoms with Crippen molar-refractivity contribution in [2.75, 3.05) is 11.6 Å². The van der Waals surface area contributed by atoms with E-state index in [9.17, 15) is 4.79 Å². The van der Waals surface area contributed by atoms with Gasteiger partial charge in [0.1, 0.15) is 5.75 Å². The number of ether oxygens (including phenoxy) is 1. The molecule has 0 saturated carbocycles. The smallest absolute Gasteiger partial charge is 0.408 e. The fourth-order valence-electron chi connectivity index (χ4n) is 2.88. The van der Waals surface area contributed by atoms with Crippen molar-refractivity contribution in [1.29, 1.82) is 0 Å². The Morgan fingerprint density at radius 1 is 1.08 bits per heavy atom. The highest BCUT2D eigenvalue weighted by Crippen LogP contribution is 2.36. The summed E-state index contributed by atoms with van der Waals surface area (Å²) in [5.41, 5.74) is 2.75. The van der Waals surface area contributed by atoms with Gasteiger partial charge < -0.3 is 4.74 Å². The molecule has 0 saturated heterocycles. The first-order valence-electron chi connectivity index (χ1n) is 8.36. The first-order chi connectivity index (χ1) is 11.8. The molecule has 0 atom stereocenters. The second-order valence-corrected chi connectivity index (χ2v) is 5.66. The monoisotopic (exact) mass is 322 g/mol. The number of hydrogen-bond acceptors (Lipinski definition) is 3. The minimum absolute atomic E-state index is 0.373. The summed E-state index contributed by atoms with van der Waals surface area (Å²) in [6.07, 6.45) is 3.62. The lowest BCUT2D eigenvalue weighted by atomic mass is 10.1. The van der Waals surface area contributed by atoms with E-state index in [1.165, 1.54) is 0 Å². The number of carbonyl (C=O) groups excluding carboxylic acids is 1. The van der Waals surface area contributed by atoms with Crippen LogP contribution in [0.15, 0.2) is 60.7 Å². The zero-order valence-electron chi connectivity index (χ0n) is 14.1. The van der Waals surface area contributed by atoms with Crippen LogP contribution in [0.2, 0.25) is 0 Å². The van der Waals surface area contributed by atoms with Gasteiger partial charge in [-0.05, 0) is 37.6 Å². The van der Waals surface area contributed by atoms with Crippen molar-refractivity contribution in [3.63, 3.8) is 0 Å². The molecule has 0 bridgehead atoms. The minimum Gasteiger partial charge on any atom is -0.408 e. The van der Waals surface area contributed by atoms with Crippen molar-refractivity contribution < 1.29 is 9.53 Å². The lowest BCUT2D eigenvalue weighted by molar-refractivity contribution is 0.164. The summed E-state index contributed by atoms with van der Waals surface area (Å²) in [5, 5.41) is 3.64. The van der Waals surface area contributed by atoms with E-state index in [4.69, 9.17) is 4.74 Å². The van der Waals surface area contributed by atoms with Crippen LogP contribution in [0.1, 0.15) is 32.3 Å². The van der Waals surface area contributed by atoms with Gasteiger partial charge in [-0.15, -0.1) is 0 Å². The third-order valence-electron chi connectivity index (χ3n) is 4.05. The van der Waals surface area contributed by atoms with E-state index in [0.717, 1.165) is 36.3 Å². The molecule has 1 amide bonds. The van der Waals surface area contributed by atoms with E-state index in [1.54, 1.807) is 5.01 Å². The van der Waals surface area contributed by atoms with Gasteiger partial charge in [0.2, 0.25) is 0 Å². The largest absolute Gasteiger partial charge is 0.439 e. The lowest BCUT2D eigenvalue weighted by Gasteiger charge is -2.39. The van der Waals surface area contributed by atoms with Gasteiger partial charge in [-0.2, -0.15) is 5.01 Å². The van der Waals surface area contributed by atoms with Gasteiger partial charge in [0.15, 0.2) is 0 Å². The number of allylic oxidation sites excluding steroid dienone is 1. The van der Waals surface area contributed by atoms with Gasteiger partial charge in [-0.1, -0.05) is 49.8 Å². The zero-order chi connectivity index (χ0) is 16.9. The summed E-state index contributed by atoms with van der Waals surface area (Å²) in [6.45, 7) is 4.83.